The smallest absolute Gasteiger partial charge is 0.402 e. The molecule has 1 aliphatic rings. The number of aromatic amines is 1. The molecule has 1 atom stereocenters. The molecule has 5 nitrogen and oxygen atoms in total. The SMILES string of the molecule is COc1cc[n+](-c2nc3cc4c(cc3[nH]2)C(C)(C)C(=O)C4(C)C)c(CC(S)CS)c1C.[Cl-]. The van der Waals surface area contributed by atoms with Crippen molar-refractivity contribution in [3.63, 3.8) is 0 Å². The molecule has 4 rings (SSSR count). The molecule has 32 heavy (non-hydrogen) atoms. The summed E-state index contributed by atoms with van der Waals surface area (Å²) < 4.78 is 7.61. The van der Waals surface area contributed by atoms with Crippen molar-refractivity contribution in [1.82, 2.24) is 9.97 Å². The summed E-state index contributed by atoms with van der Waals surface area (Å²) in [6.07, 6.45) is 2.71. The number of carbonyl (C=O) groups excluding carboxylic acids is 1. The van der Waals surface area contributed by atoms with Gasteiger partial charge in [-0.3, -0.25) is 4.79 Å². The summed E-state index contributed by atoms with van der Waals surface area (Å²) in [4.78, 5) is 21.4. The third-order valence-electron chi connectivity index (χ3n) is 6.65. The fraction of sp³-hybridized carbons (Fsp3) is 0.458. The number of hydrogen-bond acceptors (Lipinski definition) is 5. The van der Waals surface area contributed by atoms with Crippen molar-refractivity contribution < 1.29 is 26.5 Å². The van der Waals surface area contributed by atoms with Crippen LogP contribution in [0.5, 0.6) is 5.75 Å². The first-order valence-corrected chi connectivity index (χ1v) is 11.6. The molecule has 0 aliphatic heterocycles. The van der Waals surface area contributed by atoms with E-state index in [1.54, 1.807) is 7.11 Å². The zero-order chi connectivity index (χ0) is 22.7. The van der Waals surface area contributed by atoms with E-state index in [4.69, 9.17) is 9.72 Å². The maximum absolute atomic E-state index is 13.0. The summed E-state index contributed by atoms with van der Waals surface area (Å²) in [5.74, 6) is 2.49. The monoisotopic (exact) mass is 491 g/mol. The molecule has 1 aliphatic carbocycles. The zero-order valence-electron chi connectivity index (χ0n) is 19.3. The number of carbonyl (C=O) groups is 1. The Morgan fingerprint density at radius 3 is 2.41 bits per heavy atom. The molecule has 0 spiro atoms. The Morgan fingerprint density at radius 2 is 1.81 bits per heavy atom. The summed E-state index contributed by atoms with van der Waals surface area (Å²) in [5, 5.41) is 0.112. The van der Waals surface area contributed by atoms with E-state index in [-0.39, 0.29) is 23.4 Å². The van der Waals surface area contributed by atoms with Crippen LogP contribution in [0.15, 0.2) is 24.4 Å². The fourth-order valence-corrected chi connectivity index (χ4v) is 5.16. The van der Waals surface area contributed by atoms with Crippen molar-refractivity contribution >= 4 is 42.1 Å². The molecule has 0 bridgehead atoms. The Bertz CT molecular complexity index is 1150. The third kappa shape index (κ3) is 3.72. The number of ether oxygens (including phenoxy) is 1. The van der Waals surface area contributed by atoms with Gasteiger partial charge in [0.2, 0.25) is 0 Å². The van der Waals surface area contributed by atoms with E-state index in [9.17, 15) is 4.79 Å². The average Bonchev–Trinajstić information content (AvgIpc) is 3.20. The summed E-state index contributed by atoms with van der Waals surface area (Å²) in [7, 11) is 1.68. The molecule has 0 fully saturated rings. The highest BCUT2D eigenvalue weighted by Crippen LogP contribution is 2.47. The van der Waals surface area contributed by atoms with Crippen molar-refractivity contribution in [2.45, 2.75) is 57.1 Å². The van der Waals surface area contributed by atoms with Crippen LogP contribution in [0, 0.1) is 6.92 Å². The second kappa shape index (κ2) is 8.58. The van der Waals surface area contributed by atoms with E-state index in [2.05, 4.69) is 53.9 Å². The number of fused-ring (bicyclic) bond motifs is 2. The van der Waals surface area contributed by atoms with Gasteiger partial charge in [0.15, 0.2) is 11.3 Å². The number of H-pyrrole nitrogens is 1. The van der Waals surface area contributed by atoms with Crippen LogP contribution in [0.3, 0.4) is 0 Å². The number of pyridine rings is 1. The van der Waals surface area contributed by atoms with Gasteiger partial charge in [-0.05, 0) is 57.9 Å². The maximum Gasteiger partial charge on any atom is 0.402 e. The number of Topliss-reactive ketones (excluding diaryl/α,β-unsaturated/α-hetero) is 1. The van der Waals surface area contributed by atoms with Crippen LogP contribution < -0.4 is 21.7 Å². The average molecular weight is 492 g/mol. The van der Waals surface area contributed by atoms with Gasteiger partial charge >= 0.3 is 5.95 Å². The number of nitrogens with one attached hydrogen (secondary N) is 1. The number of methoxy groups -OCH3 is 1. The molecule has 0 amide bonds. The van der Waals surface area contributed by atoms with Gasteiger partial charge in [0, 0.05) is 39.9 Å². The molecule has 0 saturated heterocycles. The molecule has 8 heteroatoms. The number of nitrogens with zero attached hydrogens (tertiary/aromatic N) is 2. The highest BCUT2D eigenvalue weighted by atomic mass is 35.5. The van der Waals surface area contributed by atoms with Crippen LogP contribution >= 0.6 is 25.3 Å². The summed E-state index contributed by atoms with van der Waals surface area (Å²) in [5.41, 5.74) is 5.03. The van der Waals surface area contributed by atoms with Gasteiger partial charge in [0.1, 0.15) is 11.3 Å². The lowest BCUT2D eigenvalue weighted by Gasteiger charge is -2.21. The zero-order valence-corrected chi connectivity index (χ0v) is 21.8. The highest BCUT2D eigenvalue weighted by molar-refractivity contribution is 7.84. The minimum atomic E-state index is -0.521. The second-order valence-electron chi connectivity index (χ2n) is 9.42. The van der Waals surface area contributed by atoms with Gasteiger partial charge in [-0.1, -0.05) is 4.98 Å². The third-order valence-corrected chi connectivity index (χ3v) is 7.74. The van der Waals surface area contributed by atoms with E-state index < -0.39 is 10.8 Å². The highest BCUT2D eigenvalue weighted by Gasteiger charge is 2.50. The molecule has 3 aromatic rings. The van der Waals surface area contributed by atoms with Crippen molar-refractivity contribution in [2.24, 2.45) is 0 Å². The van der Waals surface area contributed by atoms with Crippen LogP contribution in [0.4, 0.5) is 0 Å². The molecular formula is C24H30ClN3O2S2. The molecule has 1 N–H and O–H groups in total. The summed E-state index contributed by atoms with van der Waals surface area (Å²) in [6.45, 7) is 10.1. The maximum atomic E-state index is 13.0. The van der Waals surface area contributed by atoms with Crippen LogP contribution in [-0.2, 0) is 22.0 Å². The Morgan fingerprint density at radius 1 is 1.19 bits per heavy atom. The van der Waals surface area contributed by atoms with E-state index in [1.807, 2.05) is 40.0 Å². The molecule has 1 aromatic carbocycles. The Kier molecular flexibility index (Phi) is 6.68. The number of ketones is 1. The molecule has 0 saturated carbocycles. The van der Waals surface area contributed by atoms with Gasteiger partial charge in [0.05, 0.1) is 19.0 Å². The second-order valence-corrected chi connectivity index (χ2v) is 10.5. The van der Waals surface area contributed by atoms with E-state index in [1.165, 1.54) is 0 Å². The number of hydrogen-bond donors (Lipinski definition) is 3. The predicted molar refractivity (Wildman–Crippen MR) is 130 cm³/mol. The molecular weight excluding hydrogens is 462 g/mol. The first kappa shape index (κ1) is 24.9. The van der Waals surface area contributed by atoms with Gasteiger partial charge in [0.25, 0.3) is 0 Å². The lowest BCUT2D eigenvalue weighted by atomic mass is 9.80. The fourth-order valence-electron chi connectivity index (χ4n) is 4.86. The molecule has 2 aromatic heterocycles. The Balaban J connectivity index is 0.00000289. The quantitative estimate of drug-likeness (QED) is 0.369. The number of rotatable bonds is 5. The lowest BCUT2D eigenvalue weighted by molar-refractivity contribution is -0.612. The van der Waals surface area contributed by atoms with Gasteiger partial charge in [-0.25, -0.2) is 9.55 Å². The largest absolute Gasteiger partial charge is 1.00 e. The normalized spacial score (nSPS) is 17.2. The lowest BCUT2D eigenvalue weighted by Crippen LogP contribution is -3.00. The number of aromatic nitrogens is 3. The topological polar surface area (TPSA) is 58.9 Å². The Labute approximate surface area is 206 Å². The number of imidazole rings is 1. The van der Waals surface area contributed by atoms with Crippen molar-refractivity contribution in [1.29, 1.82) is 0 Å². The summed E-state index contributed by atoms with van der Waals surface area (Å²) in [6, 6.07) is 6.12. The first-order valence-electron chi connectivity index (χ1n) is 10.5. The first-order chi connectivity index (χ1) is 14.5. The summed E-state index contributed by atoms with van der Waals surface area (Å²) >= 11 is 9.06. The van der Waals surface area contributed by atoms with E-state index in [0.29, 0.717) is 5.75 Å². The van der Waals surface area contributed by atoms with E-state index in [0.717, 1.165) is 51.5 Å². The van der Waals surface area contributed by atoms with Crippen LogP contribution in [0.2, 0.25) is 0 Å². The Hall–Kier alpha value is -1.70. The van der Waals surface area contributed by atoms with Crippen LogP contribution in [0.25, 0.3) is 17.0 Å². The van der Waals surface area contributed by atoms with Gasteiger partial charge in [-0.2, -0.15) is 25.3 Å². The van der Waals surface area contributed by atoms with Gasteiger partial charge in [-0.15, -0.1) is 0 Å². The predicted octanol–water partition coefficient (Wildman–Crippen LogP) is 1.07. The minimum absolute atomic E-state index is 0. The molecule has 2 heterocycles. The molecule has 1 unspecified atom stereocenters. The van der Waals surface area contributed by atoms with Crippen LogP contribution in [-0.4, -0.2) is 33.9 Å². The molecule has 0 radical (unpaired) electrons. The number of benzene rings is 1. The number of thiol groups is 2. The standard InChI is InChI=1S/C24H29N3O2S2.ClH/c1-13-19(9-14(31)12-30)27(8-7-20(13)29-6)22-25-17-10-15-16(11-18(17)26-22)24(4,5)21(28)23(15,2)3;/h7-8,10-11,14H,9,12H2,1-6H3,(H2-,25,26,30,31);1H. The van der Waals surface area contributed by atoms with Crippen molar-refractivity contribution in [3.8, 4) is 11.7 Å². The van der Waals surface area contributed by atoms with Crippen LogP contribution in [0.1, 0.15) is 50.1 Å². The number of halogens is 1. The molecule has 172 valence electrons. The minimum Gasteiger partial charge on any atom is -1.00 e. The van der Waals surface area contributed by atoms with Crippen molar-refractivity contribution in [2.75, 3.05) is 12.9 Å². The van der Waals surface area contributed by atoms with Gasteiger partial charge < -0.3 is 17.1 Å². The van der Waals surface area contributed by atoms with E-state index >= 15 is 0 Å². The van der Waals surface area contributed by atoms with Crippen molar-refractivity contribution in [3.05, 3.63) is 46.8 Å².